The van der Waals surface area contributed by atoms with Gasteiger partial charge in [-0.25, -0.2) is 0 Å². The standard InChI is InChI=1S/C21H25.C13H10.C11H17.Zr/c1-20(2,3)16-7-9-18-14(12-16)11-15-13-17(21(4,5)6)8-10-19(15)18;1-3-7-12(8-4-1)11-13-9-5-2-6-10-13;1-8(2)10-5-6-11(7-10)9(3)4;/h7-13H,1-6H3;1-10H;7-9H,5H2,1-4H3;. The maximum atomic E-state index is 2.62. The average molecular weight is 684 g/mol. The monoisotopic (exact) mass is 682 g/mol. The van der Waals surface area contributed by atoms with Crippen molar-refractivity contribution in [2.24, 2.45) is 11.8 Å². The molecule has 4 aromatic carbocycles. The Bertz CT molecular complexity index is 1740. The fourth-order valence-corrected chi connectivity index (χ4v) is 17.4. The molecule has 0 N–H and O–H groups in total. The molecule has 6 rings (SSSR count). The molecule has 0 atom stereocenters. The van der Waals surface area contributed by atoms with Crippen molar-refractivity contribution in [1.82, 2.24) is 0 Å². The summed E-state index contributed by atoms with van der Waals surface area (Å²) in [7, 11) is 0. The number of hydrogen-bond acceptors (Lipinski definition) is 0. The van der Waals surface area contributed by atoms with E-state index in [9.17, 15) is 0 Å². The van der Waals surface area contributed by atoms with Crippen LogP contribution in [0.5, 0.6) is 0 Å². The van der Waals surface area contributed by atoms with Crippen LogP contribution in [0.1, 0.15) is 113 Å². The van der Waals surface area contributed by atoms with Crippen LogP contribution < -0.4 is 0 Å². The molecule has 0 radical (unpaired) electrons. The molecule has 4 aromatic rings. The van der Waals surface area contributed by atoms with Crippen molar-refractivity contribution in [3.63, 3.8) is 0 Å². The van der Waals surface area contributed by atoms with Gasteiger partial charge in [0.05, 0.1) is 0 Å². The van der Waals surface area contributed by atoms with Crippen LogP contribution in [0.15, 0.2) is 118 Å². The molecule has 2 aliphatic rings. The molecule has 0 amide bonds. The van der Waals surface area contributed by atoms with Gasteiger partial charge in [0.2, 0.25) is 0 Å². The Morgan fingerprint density at radius 2 is 1.07 bits per heavy atom. The second-order valence-electron chi connectivity index (χ2n) is 16.2. The summed E-state index contributed by atoms with van der Waals surface area (Å²) in [5.41, 5.74) is 15.1. The Labute approximate surface area is 286 Å². The first-order valence-electron chi connectivity index (χ1n) is 17.3. The molecule has 236 valence electrons. The van der Waals surface area contributed by atoms with E-state index < -0.39 is 21.3 Å². The fourth-order valence-electron chi connectivity index (χ4n) is 7.44. The van der Waals surface area contributed by atoms with Crippen LogP contribution in [0.25, 0.3) is 11.1 Å². The van der Waals surface area contributed by atoms with E-state index in [0.29, 0.717) is 15.5 Å². The average Bonchev–Trinajstić information content (AvgIpc) is 3.60. The van der Waals surface area contributed by atoms with Crippen LogP contribution in [0.2, 0.25) is 0 Å². The topological polar surface area (TPSA) is 0 Å². The minimum atomic E-state index is -2.88. The van der Waals surface area contributed by atoms with Crippen LogP contribution in [-0.2, 0) is 32.1 Å². The Balaban J connectivity index is 1.79. The molecule has 0 unspecified atom stereocenters. The minimum absolute atomic E-state index is 0.0853. The summed E-state index contributed by atoms with van der Waals surface area (Å²) in [6.45, 7) is 23.8. The van der Waals surface area contributed by atoms with E-state index in [1.54, 1.807) is 28.8 Å². The molecule has 0 spiro atoms. The molecule has 0 heterocycles. The molecule has 0 bridgehead atoms. The van der Waals surface area contributed by atoms with E-state index in [1.165, 1.54) is 33.4 Å². The number of hydrogen-bond donors (Lipinski definition) is 0. The summed E-state index contributed by atoms with van der Waals surface area (Å²) in [6, 6.07) is 37.8. The van der Waals surface area contributed by atoms with Gasteiger partial charge in [-0.2, -0.15) is 0 Å². The van der Waals surface area contributed by atoms with Gasteiger partial charge in [0.1, 0.15) is 0 Å². The van der Waals surface area contributed by atoms with Gasteiger partial charge >= 0.3 is 288 Å². The third kappa shape index (κ3) is 6.22. The van der Waals surface area contributed by atoms with E-state index in [1.807, 2.05) is 0 Å². The molecule has 1 heteroatoms. The van der Waals surface area contributed by atoms with Gasteiger partial charge < -0.3 is 0 Å². The van der Waals surface area contributed by atoms with Gasteiger partial charge in [-0.05, 0) is 0 Å². The van der Waals surface area contributed by atoms with Gasteiger partial charge in [0, 0.05) is 0 Å². The van der Waals surface area contributed by atoms with Crippen molar-refractivity contribution in [2.75, 3.05) is 0 Å². The molecule has 0 nitrogen and oxygen atoms in total. The fraction of sp³-hybridized carbons (Fsp3) is 0.356. The van der Waals surface area contributed by atoms with Crippen molar-refractivity contribution >= 4 is 3.21 Å². The van der Waals surface area contributed by atoms with Crippen LogP contribution in [0.3, 0.4) is 0 Å². The van der Waals surface area contributed by atoms with Gasteiger partial charge in [-0.15, -0.1) is 0 Å². The first-order chi connectivity index (χ1) is 21.8. The zero-order valence-corrected chi connectivity index (χ0v) is 32.2. The van der Waals surface area contributed by atoms with Crippen molar-refractivity contribution in [2.45, 2.75) is 90.1 Å². The molecule has 0 aromatic heterocycles. The summed E-state index contributed by atoms with van der Waals surface area (Å²) < 4.78 is 3.84. The van der Waals surface area contributed by atoms with Gasteiger partial charge in [0.25, 0.3) is 0 Å². The molecule has 2 aliphatic carbocycles. The molecule has 0 aliphatic heterocycles. The first-order valence-corrected chi connectivity index (χ1v) is 21.2. The van der Waals surface area contributed by atoms with Gasteiger partial charge in [-0.3, -0.25) is 0 Å². The second kappa shape index (κ2) is 12.6. The van der Waals surface area contributed by atoms with E-state index >= 15 is 0 Å². The number of rotatable bonds is 6. The SMILES string of the molecule is CC(C)C1=CC(C(C)C)=[C]([Zr](=[C](c2ccccc2)c2ccccc2)[CH]2c3cc(C(C)(C)C)ccc3-c3ccc(C(C)(C)C)cc32)C1. The quantitative estimate of drug-likeness (QED) is 0.190. The third-order valence-electron chi connectivity index (χ3n) is 10.2. The Kier molecular flexibility index (Phi) is 9.06. The molecule has 46 heavy (non-hydrogen) atoms. The molecular formula is C45H52Zr. The summed E-state index contributed by atoms with van der Waals surface area (Å²) in [6.07, 6.45) is 3.75. The van der Waals surface area contributed by atoms with E-state index in [-0.39, 0.29) is 10.8 Å². The predicted octanol–water partition coefficient (Wildman–Crippen LogP) is 12.1. The second-order valence-corrected chi connectivity index (χ2v) is 22.4. The van der Waals surface area contributed by atoms with Gasteiger partial charge in [-0.1, -0.05) is 0 Å². The normalized spacial score (nSPS) is 15.0. The number of fused-ring (bicyclic) bond motifs is 3. The Morgan fingerprint density at radius 3 is 1.46 bits per heavy atom. The van der Waals surface area contributed by atoms with Crippen molar-refractivity contribution in [3.05, 3.63) is 151 Å². The number of benzene rings is 4. The van der Waals surface area contributed by atoms with E-state index in [4.69, 9.17) is 0 Å². The summed E-state index contributed by atoms with van der Waals surface area (Å²) >= 11 is -2.88. The Hall–Kier alpha value is -2.89. The van der Waals surface area contributed by atoms with Crippen LogP contribution in [0.4, 0.5) is 0 Å². The third-order valence-corrected chi connectivity index (χ3v) is 18.6. The molecule has 0 fully saturated rings. The van der Waals surface area contributed by atoms with Crippen molar-refractivity contribution in [3.8, 4) is 11.1 Å². The van der Waals surface area contributed by atoms with Crippen molar-refractivity contribution in [1.29, 1.82) is 0 Å². The Morgan fingerprint density at radius 1 is 0.609 bits per heavy atom. The molecule has 0 saturated heterocycles. The molecule has 0 saturated carbocycles. The summed E-state index contributed by atoms with van der Waals surface area (Å²) in [5.74, 6) is 1.05. The van der Waals surface area contributed by atoms with Gasteiger partial charge in [0.15, 0.2) is 0 Å². The summed E-state index contributed by atoms with van der Waals surface area (Å²) in [5, 5.41) is 0. The van der Waals surface area contributed by atoms with Crippen molar-refractivity contribution < 1.29 is 21.3 Å². The zero-order valence-electron chi connectivity index (χ0n) is 29.8. The van der Waals surface area contributed by atoms with E-state index in [0.717, 1.165) is 6.42 Å². The molecular weight excluding hydrogens is 632 g/mol. The van der Waals surface area contributed by atoms with E-state index in [2.05, 4.69) is 172 Å². The predicted molar refractivity (Wildman–Crippen MR) is 197 cm³/mol. The summed E-state index contributed by atoms with van der Waals surface area (Å²) in [4.78, 5) is 0. The zero-order chi connectivity index (χ0) is 33.0. The maximum absolute atomic E-state index is 2.88. The van der Waals surface area contributed by atoms with Crippen LogP contribution in [0, 0.1) is 11.8 Å². The van der Waals surface area contributed by atoms with Crippen LogP contribution >= 0.6 is 0 Å². The van der Waals surface area contributed by atoms with Crippen LogP contribution in [-0.4, -0.2) is 3.21 Å². The first kappa shape index (κ1) is 33.0. The number of allylic oxidation sites excluding steroid dienone is 4.